The van der Waals surface area contributed by atoms with Crippen molar-refractivity contribution in [2.24, 2.45) is 5.73 Å². The van der Waals surface area contributed by atoms with Crippen LogP contribution in [0.1, 0.15) is 67.3 Å². The Bertz CT molecular complexity index is 623. The number of amides is 2. The van der Waals surface area contributed by atoms with E-state index in [2.05, 4.69) is 11.0 Å². The minimum Gasteiger partial charge on any atom is -0.370 e. The van der Waals surface area contributed by atoms with Crippen molar-refractivity contribution in [3.63, 3.8) is 0 Å². The summed E-state index contributed by atoms with van der Waals surface area (Å²) >= 11 is 0. The molecule has 26 heavy (non-hydrogen) atoms. The first-order valence-electron chi connectivity index (χ1n) is 10.0. The molecule has 0 spiro atoms. The molecule has 3 rings (SSSR count). The maximum Gasteiger partial charge on any atom is 0.254 e. The number of piperidine rings is 1. The molecule has 5 heteroatoms. The van der Waals surface area contributed by atoms with E-state index >= 15 is 0 Å². The van der Waals surface area contributed by atoms with Gasteiger partial charge in [-0.15, -0.1) is 0 Å². The summed E-state index contributed by atoms with van der Waals surface area (Å²) in [5, 5.41) is 0. The molecular weight excluding hydrogens is 326 g/mol. The Hall–Kier alpha value is -1.88. The number of benzene rings is 1. The van der Waals surface area contributed by atoms with Crippen LogP contribution < -0.4 is 5.73 Å². The van der Waals surface area contributed by atoms with Gasteiger partial charge in [-0.3, -0.25) is 14.5 Å². The number of hydrogen-bond acceptors (Lipinski definition) is 3. The second kappa shape index (κ2) is 9.17. The van der Waals surface area contributed by atoms with E-state index in [1.165, 1.54) is 31.2 Å². The fraction of sp³-hybridized carbons (Fsp3) is 0.619. The minimum atomic E-state index is -0.329. The Morgan fingerprint density at radius 2 is 1.73 bits per heavy atom. The zero-order valence-corrected chi connectivity index (χ0v) is 15.7. The number of primary amides is 1. The Morgan fingerprint density at radius 1 is 1.00 bits per heavy atom. The Kier molecular flexibility index (Phi) is 6.67. The first-order chi connectivity index (χ1) is 12.6. The third-order valence-electron chi connectivity index (χ3n) is 5.60. The Labute approximate surface area is 156 Å². The minimum absolute atomic E-state index is 0.0358. The van der Waals surface area contributed by atoms with Gasteiger partial charge in [0.25, 0.3) is 5.91 Å². The molecular formula is C21H31N3O2. The fourth-order valence-corrected chi connectivity index (χ4v) is 4.23. The molecule has 5 nitrogen and oxygen atoms in total. The van der Waals surface area contributed by atoms with E-state index in [9.17, 15) is 9.59 Å². The van der Waals surface area contributed by atoms with Gasteiger partial charge in [-0.25, -0.2) is 0 Å². The molecule has 1 atom stereocenters. The maximum atomic E-state index is 13.1. The van der Waals surface area contributed by atoms with Gasteiger partial charge in [-0.05, 0) is 62.9 Å². The molecule has 0 unspecified atom stereocenters. The largest absolute Gasteiger partial charge is 0.370 e. The van der Waals surface area contributed by atoms with Crippen LogP contribution in [-0.4, -0.2) is 47.3 Å². The van der Waals surface area contributed by atoms with Crippen molar-refractivity contribution >= 4 is 11.8 Å². The highest BCUT2D eigenvalue weighted by molar-refractivity contribution is 5.95. The SMILES string of the molecule is NC(=O)C[C@H]1CCCCN1C(=O)c1cccc(CN2CCCCCC2)c1. The van der Waals surface area contributed by atoms with Crippen molar-refractivity contribution in [1.82, 2.24) is 9.80 Å². The lowest BCUT2D eigenvalue weighted by molar-refractivity contribution is -0.119. The molecule has 2 N–H and O–H groups in total. The highest BCUT2D eigenvalue weighted by Crippen LogP contribution is 2.23. The number of nitrogens with two attached hydrogens (primary N) is 1. The van der Waals surface area contributed by atoms with E-state index in [-0.39, 0.29) is 24.3 Å². The van der Waals surface area contributed by atoms with Gasteiger partial charge in [-0.1, -0.05) is 25.0 Å². The zero-order valence-electron chi connectivity index (χ0n) is 15.7. The molecule has 2 saturated heterocycles. The molecule has 2 aliphatic heterocycles. The highest BCUT2D eigenvalue weighted by Gasteiger charge is 2.28. The molecule has 0 bridgehead atoms. The number of nitrogens with zero attached hydrogens (tertiary/aromatic N) is 2. The quantitative estimate of drug-likeness (QED) is 0.881. The fourth-order valence-electron chi connectivity index (χ4n) is 4.23. The number of rotatable bonds is 5. The van der Waals surface area contributed by atoms with Crippen LogP contribution in [0.4, 0.5) is 0 Å². The van der Waals surface area contributed by atoms with Crippen LogP contribution in [0.25, 0.3) is 0 Å². The van der Waals surface area contributed by atoms with E-state index in [4.69, 9.17) is 5.73 Å². The molecule has 0 radical (unpaired) electrons. The Balaban J connectivity index is 1.69. The van der Waals surface area contributed by atoms with E-state index in [0.29, 0.717) is 6.54 Å². The van der Waals surface area contributed by atoms with Crippen LogP contribution in [0.15, 0.2) is 24.3 Å². The molecule has 2 aliphatic rings. The van der Waals surface area contributed by atoms with Gasteiger partial charge in [0.1, 0.15) is 0 Å². The molecule has 142 valence electrons. The lowest BCUT2D eigenvalue weighted by Gasteiger charge is -2.35. The van der Waals surface area contributed by atoms with Crippen molar-refractivity contribution in [3.05, 3.63) is 35.4 Å². The molecule has 1 aromatic carbocycles. The van der Waals surface area contributed by atoms with Gasteiger partial charge < -0.3 is 10.6 Å². The van der Waals surface area contributed by atoms with Crippen LogP contribution in [0.3, 0.4) is 0 Å². The van der Waals surface area contributed by atoms with Crippen molar-refractivity contribution in [3.8, 4) is 0 Å². The maximum absolute atomic E-state index is 13.1. The Morgan fingerprint density at radius 3 is 2.46 bits per heavy atom. The summed E-state index contributed by atoms with van der Waals surface area (Å²) in [6.45, 7) is 3.91. The predicted molar refractivity (Wildman–Crippen MR) is 103 cm³/mol. The average molecular weight is 357 g/mol. The lowest BCUT2D eigenvalue weighted by atomic mass is 9.97. The summed E-state index contributed by atoms with van der Waals surface area (Å²) in [6, 6.07) is 7.96. The number of likely N-dealkylation sites (tertiary alicyclic amines) is 2. The van der Waals surface area contributed by atoms with Crippen molar-refractivity contribution in [1.29, 1.82) is 0 Å². The van der Waals surface area contributed by atoms with Crippen molar-refractivity contribution in [2.45, 2.75) is 64.0 Å². The van der Waals surface area contributed by atoms with Crippen molar-refractivity contribution in [2.75, 3.05) is 19.6 Å². The van der Waals surface area contributed by atoms with Crippen molar-refractivity contribution < 1.29 is 9.59 Å². The molecule has 2 amide bonds. The van der Waals surface area contributed by atoms with Gasteiger partial charge in [-0.2, -0.15) is 0 Å². The monoisotopic (exact) mass is 357 g/mol. The average Bonchev–Trinajstić information content (AvgIpc) is 2.90. The van der Waals surface area contributed by atoms with Crippen LogP contribution in [0.5, 0.6) is 0 Å². The molecule has 0 saturated carbocycles. The topological polar surface area (TPSA) is 66.6 Å². The van der Waals surface area contributed by atoms with Crippen LogP contribution in [-0.2, 0) is 11.3 Å². The summed E-state index contributed by atoms with van der Waals surface area (Å²) in [5.41, 5.74) is 7.31. The van der Waals surface area contributed by atoms with Crippen LogP contribution in [0.2, 0.25) is 0 Å². The van der Waals surface area contributed by atoms with Crippen LogP contribution in [0, 0.1) is 0 Å². The summed E-state index contributed by atoms with van der Waals surface area (Å²) < 4.78 is 0. The standard InChI is InChI=1S/C21H31N3O2/c22-20(25)15-19-10-3-6-13-24(19)21(26)18-9-7-8-17(14-18)16-23-11-4-1-2-5-12-23/h7-9,14,19H,1-6,10-13,15-16H2,(H2,22,25)/t19-/m1/s1. The zero-order chi connectivity index (χ0) is 18.4. The number of hydrogen-bond donors (Lipinski definition) is 1. The second-order valence-electron chi connectivity index (χ2n) is 7.71. The van der Waals surface area contributed by atoms with Gasteiger partial charge >= 0.3 is 0 Å². The van der Waals surface area contributed by atoms with Gasteiger partial charge in [0, 0.05) is 31.1 Å². The van der Waals surface area contributed by atoms with Crippen LogP contribution >= 0.6 is 0 Å². The molecule has 2 fully saturated rings. The normalized spacial score (nSPS) is 22.0. The van der Waals surface area contributed by atoms with E-state index in [1.54, 1.807) is 0 Å². The summed E-state index contributed by atoms with van der Waals surface area (Å²) in [4.78, 5) is 28.8. The van der Waals surface area contributed by atoms with Gasteiger partial charge in [0.15, 0.2) is 0 Å². The summed E-state index contributed by atoms with van der Waals surface area (Å²) in [7, 11) is 0. The summed E-state index contributed by atoms with van der Waals surface area (Å²) in [5.74, 6) is -0.293. The van der Waals surface area contributed by atoms with Gasteiger partial charge in [0.2, 0.25) is 5.91 Å². The lowest BCUT2D eigenvalue weighted by Crippen LogP contribution is -2.45. The third-order valence-corrected chi connectivity index (χ3v) is 5.60. The molecule has 0 aromatic heterocycles. The van der Waals surface area contributed by atoms with E-state index in [1.807, 2.05) is 23.1 Å². The summed E-state index contributed by atoms with van der Waals surface area (Å²) in [6.07, 6.45) is 8.35. The molecule has 1 aromatic rings. The smallest absolute Gasteiger partial charge is 0.254 e. The number of carbonyl (C=O) groups excluding carboxylic acids is 2. The van der Waals surface area contributed by atoms with E-state index in [0.717, 1.165) is 44.5 Å². The second-order valence-corrected chi connectivity index (χ2v) is 7.71. The molecule has 0 aliphatic carbocycles. The third kappa shape index (κ3) is 5.07. The predicted octanol–water partition coefficient (Wildman–Crippen LogP) is 2.93. The van der Waals surface area contributed by atoms with Gasteiger partial charge in [0.05, 0.1) is 0 Å². The molecule has 2 heterocycles. The number of carbonyl (C=O) groups is 2. The first-order valence-corrected chi connectivity index (χ1v) is 10.0. The van der Waals surface area contributed by atoms with E-state index < -0.39 is 0 Å². The highest BCUT2D eigenvalue weighted by atomic mass is 16.2. The first kappa shape index (κ1) is 18.9.